The van der Waals surface area contributed by atoms with Crippen molar-refractivity contribution in [2.45, 2.75) is 44.7 Å². The average molecular weight is 214 g/mol. The Morgan fingerprint density at radius 1 is 1.47 bits per heavy atom. The van der Waals surface area contributed by atoms with E-state index < -0.39 is 11.6 Å². The van der Waals surface area contributed by atoms with Gasteiger partial charge in [0.25, 0.3) is 0 Å². The summed E-state index contributed by atoms with van der Waals surface area (Å²) in [5.74, 6) is -0.469. The van der Waals surface area contributed by atoms with Crippen LogP contribution in [0.2, 0.25) is 0 Å². The lowest BCUT2D eigenvalue weighted by Crippen LogP contribution is -2.59. The molecule has 1 atom stereocenters. The number of hydrogen-bond acceptors (Lipinski definition) is 3. The summed E-state index contributed by atoms with van der Waals surface area (Å²) in [6.07, 6.45) is 2.64. The first kappa shape index (κ1) is 12.0. The Bertz CT molecular complexity index is 256. The maximum Gasteiger partial charge on any atom is 0.242 e. The highest BCUT2D eigenvalue weighted by Crippen LogP contribution is 2.31. The van der Waals surface area contributed by atoms with Crippen LogP contribution in [0.4, 0.5) is 0 Å². The van der Waals surface area contributed by atoms with Crippen LogP contribution in [-0.4, -0.2) is 35.1 Å². The molecule has 1 fully saturated rings. The largest absolute Gasteiger partial charge is 0.394 e. The van der Waals surface area contributed by atoms with Gasteiger partial charge in [0.1, 0.15) is 6.04 Å². The van der Waals surface area contributed by atoms with Crippen molar-refractivity contribution in [3.63, 3.8) is 0 Å². The zero-order valence-electron chi connectivity index (χ0n) is 9.17. The average Bonchev–Trinajstić information content (AvgIpc) is 2.09. The van der Waals surface area contributed by atoms with Gasteiger partial charge in [-0.3, -0.25) is 9.59 Å². The minimum Gasteiger partial charge on any atom is -0.394 e. The molecule has 0 aromatic carbocycles. The normalized spacial score (nSPS) is 19.9. The SMILES string of the molecule is CC(=O)NC(C)C(=O)NC1(CO)CCC1. The molecule has 3 N–H and O–H groups in total. The highest BCUT2D eigenvalue weighted by molar-refractivity contribution is 5.86. The van der Waals surface area contributed by atoms with Crippen LogP contribution < -0.4 is 10.6 Å². The first-order chi connectivity index (χ1) is 6.99. The molecule has 5 nitrogen and oxygen atoms in total. The van der Waals surface area contributed by atoms with Crippen molar-refractivity contribution < 1.29 is 14.7 Å². The van der Waals surface area contributed by atoms with E-state index in [-0.39, 0.29) is 18.4 Å². The molecular weight excluding hydrogens is 196 g/mol. The predicted molar refractivity (Wildman–Crippen MR) is 55.1 cm³/mol. The molecule has 0 saturated heterocycles. The van der Waals surface area contributed by atoms with Gasteiger partial charge in [-0.15, -0.1) is 0 Å². The predicted octanol–water partition coefficient (Wildman–Crippen LogP) is -0.458. The molecule has 1 saturated carbocycles. The van der Waals surface area contributed by atoms with E-state index in [2.05, 4.69) is 10.6 Å². The van der Waals surface area contributed by atoms with Crippen molar-refractivity contribution in [2.24, 2.45) is 0 Å². The highest BCUT2D eigenvalue weighted by Gasteiger charge is 2.38. The molecule has 15 heavy (non-hydrogen) atoms. The molecule has 0 spiro atoms. The third-order valence-electron chi connectivity index (χ3n) is 2.81. The van der Waals surface area contributed by atoms with Gasteiger partial charge in [0.2, 0.25) is 11.8 Å². The second kappa shape index (κ2) is 4.61. The van der Waals surface area contributed by atoms with E-state index >= 15 is 0 Å². The molecule has 0 aromatic heterocycles. The minimum absolute atomic E-state index is 0.0362. The summed E-state index contributed by atoms with van der Waals surface area (Å²) in [5.41, 5.74) is -0.441. The summed E-state index contributed by atoms with van der Waals surface area (Å²) in [5, 5.41) is 14.4. The van der Waals surface area contributed by atoms with Crippen molar-refractivity contribution in [1.82, 2.24) is 10.6 Å². The van der Waals surface area contributed by atoms with Gasteiger partial charge < -0.3 is 15.7 Å². The lowest BCUT2D eigenvalue weighted by Gasteiger charge is -2.41. The van der Waals surface area contributed by atoms with E-state index in [1.807, 2.05) is 0 Å². The molecule has 2 amide bonds. The summed E-state index contributed by atoms with van der Waals surface area (Å²) in [7, 11) is 0. The van der Waals surface area contributed by atoms with Crippen molar-refractivity contribution in [3.8, 4) is 0 Å². The van der Waals surface area contributed by atoms with Gasteiger partial charge >= 0.3 is 0 Å². The third-order valence-corrected chi connectivity index (χ3v) is 2.81. The molecule has 0 aliphatic heterocycles. The Balaban J connectivity index is 2.43. The molecule has 1 unspecified atom stereocenters. The molecule has 5 heteroatoms. The number of aliphatic hydroxyl groups is 1. The lowest BCUT2D eigenvalue weighted by molar-refractivity contribution is -0.130. The number of carbonyl (C=O) groups excluding carboxylic acids is 2. The monoisotopic (exact) mass is 214 g/mol. The quantitative estimate of drug-likeness (QED) is 0.592. The van der Waals surface area contributed by atoms with E-state index in [1.54, 1.807) is 6.92 Å². The second-order valence-electron chi connectivity index (χ2n) is 4.20. The number of hydrogen-bond donors (Lipinski definition) is 3. The number of aliphatic hydroxyl groups excluding tert-OH is 1. The highest BCUT2D eigenvalue weighted by atomic mass is 16.3. The fourth-order valence-electron chi connectivity index (χ4n) is 1.67. The Hall–Kier alpha value is -1.10. The van der Waals surface area contributed by atoms with Crippen LogP contribution in [0.5, 0.6) is 0 Å². The molecule has 1 rings (SSSR count). The molecule has 1 aliphatic carbocycles. The van der Waals surface area contributed by atoms with Gasteiger partial charge in [0, 0.05) is 6.92 Å². The maximum absolute atomic E-state index is 11.6. The second-order valence-corrected chi connectivity index (χ2v) is 4.20. The van der Waals surface area contributed by atoms with Crippen LogP contribution in [-0.2, 0) is 9.59 Å². The molecule has 0 radical (unpaired) electrons. The summed E-state index contributed by atoms with van der Waals surface area (Å²) in [4.78, 5) is 22.3. The Morgan fingerprint density at radius 3 is 2.40 bits per heavy atom. The minimum atomic E-state index is -0.550. The lowest BCUT2D eigenvalue weighted by atomic mass is 9.77. The first-order valence-corrected chi connectivity index (χ1v) is 5.19. The summed E-state index contributed by atoms with van der Waals surface area (Å²) in [6.45, 7) is 2.96. The summed E-state index contributed by atoms with van der Waals surface area (Å²) >= 11 is 0. The van der Waals surface area contributed by atoms with Crippen LogP contribution in [0.25, 0.3) is 0 Å². The van der Waals surface area contributed by atoms with Gasteiger partial charge in [0.15, 0.2) is 0 Å². The Morgan fingerprint density at radius 2 is 2.07 bits per heavy atom. The van der Waals surface area contributed by atoms with Gasteiger partial charge in [-0.2, -0.15) is 0 Å². The summed E-state index contributed by atoms with van der Waals surface area (Å²) in [6, 6.07) is -0.550. The number of carbonyl (C=O) groups is 2. The van der Waals surface area contributed by atoms with Crippen LogP contribution >= 0.6 is 0 Å². The smallest absolute Gasteiger partial charge is 0.242 e. The van der Waals surface area contributed by atoms with E-state index in [9.17, 15) is 9.59 Å². The third kappa shape index (κ3) is 2.92. The number of amides is 2. The van der Waals surface area contributed by atoms with E-state index in [1.165, 1.54) is 6.92 Å². The van der Waals surface area contributed by atoms with Gasteiger partial charge in [-0.1, -0.05) is 0 Å². The topological polar surface area (TPSA) is 78.4 Å². The van der Waals surface area contributed by atoms with Gasteiger partial charge in [-0.25, -0.2) is 0 Å². The van der Waals surface area contributed by atoms with Crippen LogP contribution in [0.1, 0.15) is 33.1 Å². The van der Waals surface area contributed by atoms with Crippen LogP contribution in [0.15, 0.2) is 0 Å². The zero-order chi connectivity index (χ0) is 11.5. The molecule has 1 aliphatic rings. The van der Waals surface area contributed by atoms with Crippen molar-refractivity contribution >= 4 is 11.8 Å². The van der Waals surface area contributed by atoms with Crippen LogP contribution in [0, 0.1) is 0 Å². The molecule has 0 bridgehead atoms. The maximum atomic E-state index is 11.6. The van der Waals surface area contributed by atoms with E-state index in [0.29, 0.717) is 0 Å². The fourth-order valence-corrected chi connectivity index (χ4v) is 1.67. The van der Waals surface area contributed by atoms with Crippen molar-refractivity contribution in [1.29, 1.82) is 0 Å². The number of nitrogens with one attached hydrogen (secondary N) is 2. The number of rotatable bonds is 4. The van der Waals surface area contributed by atoms with Crippen molar-refractivity contribution in [2.75, 3.05) is 6.61 Å². The summed E-state index contributed by atoms with van der Waals surface area (Å²) < 4.78 is 0. The van der Waals surface area contributed by atoms with Crippen molar-refractivity contribution in [3.05, 3.63) is 0 Å². The Labute approximate surface area is 89.2 Å². The van der Waals surface area contributed by atoms with Crippen LogP contribution in [0.3, 0.4) is 0 Å². The Kier molecular flexibility index (Phi) is 3.68. The molecule has 0 aromatic rings. The van der Waals surface area contributed by atoms with E-state index in [4.69, 9.17) is 5.11 Å². The first-order valence-electron chi connectivity index (χ1n) is 5.19. The molecule has 86 valence electrons. The standard InChI is InChI=1S/C10H18N2O3/c1-7(11-8(2)14)9(15)12-10(6-13)4-3-5-10/h7,13H,3-6H2,1-2H3,(H,11,14)(H,12,15). The van der Waals surface area contributed by atoms with Gasteiger partial charge in [-0.05, 0) is 26.2 Å². The molecule has 0 heterocycles. The van der Waals surface area contributed by atoms with E-state index in [0.717, 1.165) is 19.3 Å². The zero-order valence-corrected chi connectivity index (χ0v) is 9.17. The van der Waals surface area contributed by atoms with Gasteiger partial charge in [0.05, 0.1) is 12.1 Å². The fraction of sp³-hybridized carbons (Fsp3) is 0.800. The molecular formula is C10H18N2O3.